The Morgan fingerprint density at radius 1 is 1.26 bits per heavy atom. The zero-order chi connectivity index (χ0) is 14.6. The van der Waals surface area contributed by atoms with Crippen molar-refractivity contribution in [3.05, 3.63) is 27.1 Å². The third-order valence-corrected chi connectivity index (χ3v) is 5.03. The number of carbonyl (C=O) groups is 1. The number of anilines is 1. The first-order valence-electron chi connectivity index (χ1n) is 6.28. The van der Waals surface area contributed by atoms with Crippen LogP contribution in [0.1, 0.15) is 20.3 Å². The summed E-state index contributed by atoms with van der Waals surface area (Å²) in [7, 11) is 4.05. The van der Waals surface area contributed by atoms with Crippen LogP contribution in [0.4, 0.5) is 5.69 Å². The summed E-state index contributed by atoms with van der Waals surface area (Å²) in [6, 6.07) is 6.19. The highest BCUT2D eigenvalue weighted by Crippen LogP contribution is 2.28. The summed E-state index contributed by atoms with van der Waals surface area (Å²) in [5.41, 5.74) is 0.927. The molecule has 1 aromatic rings. The van der Waals surface area contributed by atoms with E-state index < -0.39 is 0 Å². The molecular weight excluding hydrogens is 372 g/mol. The Balaban J connectivity index is 3.02. The lowest BCUT2D eigenvalue weighted by Crippen LogP contribution is -2.41. The number of rotatable bonds is 5. The van der Waals surface area contributed by atoms with Gasteiger partial charge in [-0.3, -0.25) is 4.79 Å². The van der Waals surface area contributed by atoms with Gasteiger partial charge in [0.2, 0.25) is 5.91 Å². The number of likely N-dealkylation sites (N-methyl/N-ethyl adjacent to an activating group) is 1. The smallest absolute Gasteiger partial charge is 0.226 e. The lowest BCUT2D eigenvalue weighted by molar-refractivity contribution is -0.118. The Morgan fingerprint density at radius 2 is 1.89 bits per heavy atom. The molecule has 1 amide bonds. The van der Waals surface area contributed by atoms with Crippen LogP contribution in [0.15, 0.2) is 27.1 Å². The summed E-state index contributed by atoms with van der Waals surface area (Å²) in [6.07, 6.45) is 0.508. The van der Waals surface area contributed by atoms with E-state index >= 15 is 0 Å². The minimum atomic E-state index is 0.142. The first kappa shape index (κ1) is 16.7. The third-order valence-electron chi connectivity index (χ3n) is 3.15. The number of halogens is 2. The van der Waals surface area contributed by atoms with E-state index in [1.54, 1.807) is 0 Å². The maximum absolute atomic E-state index is 12.1. The fraction of sp³-hybridized carbons (Fsp3) is 0.500. The normalized spacial score (nSPS) is 12.6. The van der Waals surface area contributed by atoms with Gasteiger partial charge < -0.3 is 9.80 Å². The molecule has 5 heteroatoms. The standard InChI is InChI=1S/C14H20Br2N2O/c1-5-14(19)18(9-10(2)17(3)4)11-6-7-12(15)13(16)8-11/h6-8,10H,5,9H2,1-4H3. The minimum Gasteiger partial charge on any atom is -0.311 e. The van der Waals surface area contributed by atoms with Crippen LogP contribution in [0, 0.1) is 0 Å². The van der Waals surface area contributed by atoms with Crippen molar-refractivity contribution in [3.63, 3.8) is 0 Å². The molecule has 1 unspecified atom stereocenters. The first-order chi connectivity index (χ1) is 8.86. The van der Waals surface area contributed by atoms with E-state index in [1.165, 1.54) is 0 Å². The number of carbonyl (C=O) groups excluding carboxylic acids is 1. The average molecular weight is 392 g/mol. The molecule has 19 heavy (non-hydrogen) atoms. The zero-order valence-corrected chi connectivity index (χ0v) is 15.0. The van der Waals surface area contributed by atoms with E-state index in [4.69, 9.17) is 0 Å². The molecule has 1 aromatic carbocycles. The maximum Gasteiger partial charge on any atom is 0.226 e. The number of hydrogen-bond acceptors (Lipinski definition) is 2. The molecule has 106 valence electrons. The van der Waals surface area contributed by atoms with E-state index in [2.05, 4.69) is 43.7 Å². The molecule has 0 N–H and O–H groups in total. The van der Waals surface area contributed by atoms with Gasteiger partial charge >= 0.3 is 0 Å². The Kier molecular flexibility index (Phi) is 6.50. The molecule has 1 rings (SSSR count). The molecule has 0 saturated carbocycles. The first-order valence-corrected chi connectivity index (χ1v) is 7.87. The molecule has 0 bridgehead atoms. The predicted molar refractivity (Wildman–Crippen MR) is 87.6 cm³/mol. The van der Waals surface area contributed by atoms with E-state index in [9.17, 15) is 4.79 Å². The molecule has 0 aliphatic heterocycles. The zero-order valence-electron chi connectivity index (χ0n) is 11.8. The Bertz CT molecular complexity index is 449. The van der Waals surface area contributed by atoms with Crippen molar-refractivity contribution in [3.8, 4) is 0 Å². The van der Waals surface area contributed by atoms with Crippen molar-refractivity contribution in [2.75, 3.05) is 25.5 Å². The predicted octanol–water partition coefficient (Wildman–Crippen LogP) is 3.90. The van der Waals surface area contributed by atoms with Gasteiger partial charge in [-0.25, -0.2) is 0 Å². The number of amides is 1. The Hall–Kier alpha value is -0.390. The molecule has 0 aliphatic rings. The van der Waals surface area contributed by atoms with Crippen molar-refractivity contribution >= 4 is 43.5 Å². The van der Waals surface area contributed by atoms with Crippen molar-refractivity contribution < 1.29 is 4.79 Å². The van der Waals surface area contributed by atoms with Gasteiger partial charge in [-0.1, -0.05) is 6.92 Å². The van der Waals surface area contributed by atoms with Gasteiger partial charge in [0.15, 0.2) is 0 Å². The lowest BCUT2D eigenvalue weighted by atomic mass is 10.2. The van der Waals surface area contributed by atoms with Gasteiger partial charge in [-0.2, -0.15) is 0 Å². The van der Waals surface area contributed by atoms with Crippen LogP contribution < -0.4 is 4.90 Å². The maximum atomic E-state index is 12.1. The molecule has 0 heterocycles. The minimum absolute atomic E-state index is 0.142. The van der Waals surface area contributed by atoms with E-state index in [0.29, 0.717) is 19.0 Å². The van der Waals surface area contributed by atoms with Gasteiger partial charge in [0.25, 0.3) is 0 Å². The molecule has 0 spiro atoms. The van der Waals surface area contributed by atoms with Gasteiger partial charge in [-0.05, 0) is 71.1 Å². The second-order valence-corrected chi connectivity index (χ2v) is 6.48. The van der Waals surface area contributed by atoms with Gasteiger partial charge in [0, 0.05) is 33.6 Å². The van der Waals surface area contributed by atoms with Crippen molar-refractivity contribution in [1.29, 1.82) is 0 Å². The monoisotopic (exact) mass is 390 g/mol. The summed E-state index contributed by atoms with van der Waals surface area (Å²) in [4.78, 5) is 16.1. The van der Waals surface area contributed by atoms with E-state index in [0.717, 1.165) is 14.6 Å². The fourth-order valence-electron chi connectivity index (χ4n) is 1.62. The summed E-state index contributed by atoms with van der Waals surface area (Å²) < 4.78 is 1.94. The molecule has 0 radical (unpaired) electrons. The van der Waals surface area contributed by atoms with Crippen LogP contribution in [0.2, 0.25) is 0 Å². The van der Waals surface area contributed by atoms with Crippen LogP contribution in [-0.4, -0.2) is 37.5 Å². The van der Waals surface area contributed by atoms with Crippen LogP contribution >= 0.6 is 31.9 Å². The summed E-state index contributed by atoms with van der Waals surface area (Å²) in [5.74, 6) is 0.142. The largest absolute Gasteiger partial charge is 0.311 e. The van der Waals surface area contributed by atoms with Gasteiger partial charge in [-0.15, -0.1) is 0 Å². The molecule has 0 fully saturated rings. The summed E-state index contributed by atoms with van der Waals surface area (Å²) >= 11 is 6.93. The van der Waals surface area contributed by atoms with Gasteiger partial charge in [0.05, 0.1) is 0 Å². The highest BCUT2D eigenvalue weighted by atomic mass is 79.9. The second kappa shape index (κ2) is 7.41. The SMILES string of the molecule is CCC(=O)N(CC(C)N(C)C)c1ccc(Br)c(Br)c1. The van der Waals surface area contributed by atoms with Crippen molar-refractivity contribution in [2.24, 2.45) is 0 Å². The topological polar surface area (TPSA) is 23.6 Å². The number of hydrogen-bond donors (Lipinski definition) is 0. The van der Waals surface area contributed by atoms with E-state index in [-0.39, 0.29) is 5.91 Å². The Labute approximate surface area is 132 Å². The van der Waals surface area contributed by atoms with Crippen LogP contribution in [0.3, 0.4) is 0 Å². The highest BCUT2D eigenvalue weighted by molar-refractivity contribution is 9.13. The van der Waals surface area contributed by atoms with Crippen molar-refractivity contribution in [2.45, 2.75) is 26.3 Å². The van der Waals surface area contributed by atoms with Crippen molar-refractivity contribution in [1.82, 2.24) is 4.90 Å². The molecule has 0 aliphatic carbocycles. The van der Waals surface area contributed by atoms with Gasteiger partial charge in [0.1, 0.15) is 0 Å². The molecule has 0 aromatic heterocycles. The lowest BCUT2D eigenvalue weighted by Gasteiger charge is -2.29. The number of nitrogens with zero attached hydrogens (tertiary/aromatic N) is 2. The number of benzene rings is 1. The highest BCUT2D eigenvalue weighted by Gasteiger charge is 2.18. The van der Waals surface area contributed by atoms with Crippen LogP contribution in [0.5, 0.6) is 0 Å². The third kappa shape index (κ3) is 4.58. The molecule has 3 nitrogen and oxygen atoms in total. The Morgan fingerprint density at radius 3 is 2.37 bits per heavy atom. The second-order valence-electron chi connectivity index (χ2n) is 4.77. The summed E-state index contributed by atoms with van der Waals surface area (Å²) in [6.45, 7) is 4.70. The van der Waals surface area contributed by atoms with Crippen LogP contribution in [-0.2, 0) is 4.79 Å². The molecular formula is C14H20Br2N2O. The molecule has 1 atom stereocenters. The fourth-order valence-corrected chi connectivity index (χ4v) is 2.24. The molecule has 0 saturated heterocycles. The van der Waals surface area contributed by atoms with E-state index in [1.807, 2.05) is 44.1 Å². The van der Waals surface area contributed by atoms with Crippen LogP contribution in [0.25, 0.3) is 0 Å². The quantitative estimate of drug-likeness (QED) is 0.759. The average Bonchev–Trinajstić information content (AvgIpc) is 2.38. The summed E-state index contributed by atoms with van der Waals surface area (Å²) in [5, 5.41) is 0.